The van der Waals surface area contributed by atoms with Crippen LogP contribution >= 0.6 is 11.6 Å². The second-order valence-corrected chi connectivity index (χ2v) is 11.0. The van der Waals surface area contributed by atoms with Crippen LogP contribution in [0, 0.1) is 0 Å². The van der Waals surface area contributed by atoms with Crippen molar-refractivity contribution < 1.29 is 13.2 Å². The Balaban J connectivity index is 1.42. The standard InChI is InChI=1S/C24H30ClN3O3S/c25-22-11-10-20(16-23(22)32(30,31)28-13-6-1-2-7-14-28)24(29)26-21-12-15-27(18-21)17-19-8-4-3-5-9-19/h3-5,8-11,16,21H,1-2,6-7,12-15,17-18H2,(H,26,29). The Labute approximate surface area is 195 Å². The van der Waals surface area contributed by atoms with Crippen molar-refractivity contribution >= 4 is 27.5 Å². The lowest BCUT2D eigenvalue weighted by Gasteiger charge is -2.21. The molecule has 6 nitrogen and oxygen atoms in total. The highest BCUT2D eigenvalue weighted by Gasteiger charge is 2.29. The maximum atomic E-state index is 13.2. The van der Waals surface area contributed by atoms with Gasteiger partial charge in [0, 0.05) is 44.3 Å². The first kappa shape index (κ1) is 23.2. The van der Waals surface area contributed by atoms with Crippen molar-refractivity contribution in [1.82, 2.24) is 14.5 Å². The predicted molar refractivity (Wildman–Crippen MR) is 126 cm³/mol. The van der Waals surface area contributed by atoms with Gasteiger partial charge in [0.2, 0.25) is 10.0 Å². The molecule has 1 unspecified atom stereocenters. The normalized spacial score (nSPS) is 20.7. The van der Waals surface area contributed by atoms with Crippen LogP contribution in [0.1, 0.15) is 48.0 Å². The lowest BCUT2D eigenvalue weighted by Crippen LogP contribution is -2.37. The smallest absolute Gasteiger partial charge is 0.251 e. The predicted octanol–water partition coefficient (Wildman–Crippen LogP) is 3.91. The van der Waals surface area contributed by atoms with Crippen molar-refractivity contribution in [3.8, 4) is 0 Å². The summed E-state index contributed by atoms with van der Waals surface area (Å²) in [7, 11) is -3.73. The number of halogens is 1. The zero-order valence-electron chi connectivity index (χ0n) is 18.2. The molecule has 1 N–H and O–H groups in total. The van der Waals surface area contributed by atoms with E-state index in [0.29, 0.717) is 18.7 Å². The summed E-state index contributed by atoms with van der Waals surface area (Å²) in [6, 6.07) is 14.8. The number of sulfonamides is 1. The summed E-state index contributed by atoms with van der Waals surface area (Å²) in [6.07, 6.45) is 4.62. The van der Waals surface area contributed by atoms with Gasteiger partial charge in [0.15, 0.2) is 0 Å². The Morgan fingerprint density at radius 1 is 1.00 bits per heavy atom. The molecule has 2 heterocycles. The number of nitrogens with zero attached hydrogens (tertiary/aromatic N) is 2. The van der Waals surface area contributed by atoms with E-state index in [4.69, 9.17) is 11.6 Å². The zero-order valence-corrected chi connectivity index (χ0v) is 19.7. The van der Waals surface area contributed by atoms with Crippen LogP contribution in [0.4, 0.5) is 0 Å². The topological polar surface area (TPSA) is 69.7 Å². The number of rotatable bonds is 6. The highest BCUT2D eigenvalue weighted by molar-refractivity contribution is 7.89. The molecule has 0 spiro atoms. The molecule has 0 bridgehead atoms. The van der Waals surface area contributed by atoms with Crippen LogP contribution < -0.4 is 5.32 Å². The number of benzene rings is 2. The number of carbonyl (C=O) groups is 1. The van der Waals surface area contributed by atoms with E-state index in [1.165, 1.54) is 22.0 Å². The molecule has 2 aliphatic rings. The Kier molecular flexibility index (Phi) is 7.51. The van der Waals surface area contributed by atoms with Gasteiger partial charge >= 0.3 is 0 Å². The Morgan fingerprint density at radius 2 is 1.72 bits per heavy atom. The van der Waals surface area contributed by atoms with Crippen molar-refractivity contribution in [3.05, 3.63) is 64.7 Å². The van der Waals surface area contributed by atoms with E-state index in [0.717, 1.165) is 51.7 Å². The Hall–Kier alpha value is -1.93. The van der Waals surface area contributed by atoms with E-state index in [-0.39, 0.29) is 21.9 Å². The van der Waals surface area contributed by atoms with E-state index in [1.54, 1.807) is 6.07 Å². The summed E-state index contributed by atoms with van der Waals surface area (Å²) < 4.78 is 27.9. The quantitative estimate of drug-likeness (QED) is 0.687. The van der Waals surface area contributed by atoms with Crippen molar-refractivity contribution in [2.45, 2.75) is 49.6 Å². The zero-order chi connectivity index (χ0) is 22.6. The first-order chi connectivity index (χ1) is 15.4. The first-order valence-electron chi connectivity index (χ1n) is 11.3. The van der Waals surface area contributed by atoms with Gasteiger partial charge in [-0.1, -0.05) is 54.8 Å². The molecular weight excluding hydrogens is 446 g/mol. The van der Waals surface area contributed by atoms with Gasteiger partial charge in [-0.2, -0.15) is 4.31 Å². The fourth-order valence-corrected chi connectivity index (χ4v) is 6.49. The number of nitrogens with one attached hydrogen (secondary N) is 1. The van der Waals surface area contributed by atoms with Gasteiger partial charge in [0.1, 0.15) is 4.90 Å². The molecule has 2 aromatic rings. The number of likely N-dealkylation sites (tertiary alicyclic amines) is 1. The first-order valence-corrected chi connectivity index (χ1v) is 13.1. The molecule has 2 aromatic carbocycles. The van der Waals surface area contributed by atoms with Crippen molar-refractivity contribution in [2.75, 3.05) is 26.2 Å². The minimum atomic E-state index is -3.73. The molecule has 2 aliphatic heterocycles. The molecule has 0 aliphatic carbocycles. The Morgan fingerprint density at radius 3 is 2.44 bits per heavy atom. The van der Waals surface area contributed by atoms with Gasteiger partial charge in [0.05, 0.1) is 5.02 Å². The largest absolute Gasteiger partial charge is 0.348 e. The van der Waals surface area contributed by atoms with Crippen LogP contribution in [0.3, 0.4) is 0 Å². The van der Waals surface area contributed by atoms with E-state index < -0.39 is 10.0 Å². The fraction of sp³-hybridized carbons (Fsp3) is 0.458. The third-order valence-electron chi connectivity index (χ3n) is 6.23. The van der Waals surface area contributed by atoms with Gasteiger partial charge in [-0.25, -0.2) is 8.42 Å². The number of hydrogen-bond donors (Lipinski definition) is 1. The lowest BCUT2D eigenvalue weighted by atomic mass is 10.2. The van der Waals surface area contributed by atoms with Crippen LogP contribution in [0.25, 0.3) is 0 Å². The van der Waals surface area contributed by atoms with Gasteiger partial charge in [0.25, 0.3) is 5.91 Å². The van der Waals surface area contributed by atoms with Crippen molar-refractivity contribution in [2.24, 2.45) is 0 Å². The van der Waals surface area contributed by atoms with Crippen LogP contribution in [-0.4, -0.2) is 55.8 Å². The SMILES string of the molecule is O=C(NC1CCN(Cc2ccccc2)C1)c1ccc(Cl)c(S(=O)(=O)N2CCCCCC2)c1. The summed E-state index contributed by atoms with van der Waals surface area (Å²) in [6.45, 7) is 3.53. The van der Waals surface area contributed by atoms with E-state index in [9.17, 15) is 13.2 Å². The molecule has 2 saturated heterocycles. The van der Waals surface area contributed by atoms with Gasteiger partial charge < -0.3 is 5.32 Å². The molecule has 0 radical (unpaired) electrons. The van der Waals surface area contributed by atoms with E-state index in [1.807, 2.05) is 18.2 Å². The average Bonchev–Trinajstić information content (AvgIpc) is 3.03. The monoisotopic (exact) mass is 475 g/mol. The number of carbonyl (C=O) groups excluding carboxylic acids is 1. The summed E-state index contributed by atoms with van der Waals surface area (Å²) in [5, 5.41) is 3.22. The summed E-state index contributed by atoms with van der Waals surface area (Å²) in [4.78, 5) is 15.2. The van der Waals surface area contributed by atoms with Crippen molar-refractivity contribution in [3.63, 3.8) is 0 Å². The maximum Gasteiger partial charge on any atom is 0.251 e. The third kappa shape index (κ3) is 5.52. The van der Waals surface area contributed by atoms with Gasteiger partial charge in [-0.3, -0.25) is 9.69 Å². The van der Waals surface area contributed by atoms with Crippen molar-refractivity contribution in [1.29, 1.82) is 0 Å². The molecule has 1 amide bonds. The second kappa shape index (κ2) is 10.3. The number of hydrogen-bond acceptors (Lipinski definition) is 4. The summed E-state index contributed by atoms with van der Waals surface area (Å²) >= 11 is 6.27. The highest BCUT2D eigenvalue weighted by atomic mass is 35.5. The summed E-state index contributed by atoms with van der Waals surface area (Å²) in [5.41, 5.74) is 1.57. The van der Waals surface area contributed by atoms with E-state index in [2.05, 4.69) is 22.3 Å². The molecule has 8 heteroatoms. The highest BCUT2D eigenvalue weighted by Crippen LogP contribution is 2.28. The minimum Gasteiger partial charge on any atom is -0.348 e. The molecular formula is C24H30ClN3O3S. The average molecular weight is 476 g/mol. The van der Waals surface area contributed by atoms with Crippen LogP contribution in [0.2, 0.25) is 5.02 Å². The summed E-state index contributed by atoms with van der Waals surface area (Å²) in [5.74, 6) is -0.263. The van der Waals surface area contributed by atoms with Crippen LogP contribution in [0.15, 0.2) is 53.4 Å². The molecule has 1 atom stereocenters. The van der Waals surface area contributed by atoms with Crippen LogP contribution in [0.5, 0.6) is 0 Å². The second-order valence-electron chi connectivity index (χ2n) is 8.64. The molecule has 0 aromatic heterocycles. The van der Waals surface area contributed by atoms with E-state index >= 15 is 0 Å². The fourth-order valence-electron chi connectivity index (χ4n) is 4.47. The van der Waals surface area contributed by atoms with Gasteiger partial charge in [-0.05, 0) is 43.0 Å². The van der Waals surface area contributed by atoms with Crippen LogP contribution in [-0.2, 0) is 16.6 Å². The lowest BCUT2D eigenvalue weighted by molar-refractivity contribution is 0.0937. The van der Waals surface area contributed by atoms with Gasteiger partial charge in [-0.15, -0.1) is 0 Å². The molecule has 172 valence electrons. The number of amides is 1. The Bertz CT molecular complexity index is 1040. The third-order valence-corrected chi connectivity index (χ3v) is 8.61. The minimum absolute atomic E-state index is 0.0193. The maximum absolute atomic E-state index is 13.2. The molecule has 32 heavy (non-hydrogen) atoms. The molecule has 2 fully saturated rings. The molecule has 4 rings (SSSR count). The molecule has 0 saturated carbocycles.